The van der Waals surface area contributed by atoms with Crippen molar-refractivity contribution in [1.29, 1.82) is 0 Å². The molecule has 0 amide bonds. The fourth-order valence-corrected chi connectivity index (χ4v) is 20.9. The van der Waals surface area contributed by atoms with Gasteiger partial charge >= 0.3 is 14.5 Å². The van der Waals surface area contributed by atoms with Crippen molar-refractivity contribution >= 4 is 42.8 Å². The van der Waals surface area contributed by atoms with Crippen molar-refractivity contribution in [3.8, 4) is 28.4 Å². The van der Waals surface area contributed by atoms with Gasteiger partial charge in [0.15, 0.2) is 45.7 Å². The van der Waals surface area contributed by atoms with Crippen molar-refractivity contribution in [2.45, 2.75) is 162 Å². The molecule has 3 rings (SSSR count). The number of esters is 1. The second-order valence-corrected chi connectivity index (χ2v) is 31.1. The minimum Gasteiger partial charge on any atom is -0.489 e. The van der Waals surface area contributed by atoms with E-state index in [1.165, 1.54) is 6.07 Å². The lowest BCUT2D eigenvalue weighted by Crippen LogP contribution is -2.51. The number of carbonyl (C=O) groups is 1. The second kappa shape index (κ2) is 24.5. The predicted octanol–water partition coefficient (Wildman–Crippen LogP) is 15.7. The third-order valence-corrected chi connectivity index (χ3v) is 20.5. The molecular weight excluding hydrogens is 908 g/mol. The average molecular weight is 972 g/mol. The van der Waals surface area contributed by atoms with Crippen LogP contribution < -0.4 is 14.2 Å². The Bertz CT molecular complexity index is 1940. The molecule has 0 saturated carbocycles. The van der Waals surface area contributed by atoms with Crippen LogP contribution in [0.4, 0.5) is 35.1 Å². The highest BCUT2D eigenvalue weighted by molar-refractivity contribution is 6.87. The first-order valence-electron chi connectivity index (χ1n) is 21.8. The molecule has 1 unspecified atom stereocenters. The van der Waals surface area contributed by atoms with Crippen LogP contribution in [0.2, 0.25) is 56.9 Å². The highest BCUT2D eigenvalue weighted by Crippen LogP contribution is 2.42. The number of halogens is 9. The Morgan fingerprint density at radius 3 is 1.59 bits per heavy atom. The van der Waals surface area contributed by atoms with E-state index >= 15 is 35.1 Å². The summed E-state index contributed by atoms with van der Waals surface area (Å²) in [6, 6.07) is 4.52. The number of carbonyl (C=O) groups excluding carboxylic acids is 1. The summed E-state index contributed by atoms with van der Waals surface area (Å²) >= 11 is 6.23. The molecule has 63 heavy (non-hydrogen) atoms. The number of hydrogen-bond acceptors (Lipinski definition) is 6. The standard InChI is InChI=1S/C45H63ClF8O6Si3/c1-10-11-12-20-23-29(2)57-32-25-24-30(28-31(32)46)45(55)58-44-41(53)37(49)34(38(50)42(44)54)33-35(47)39(51)43(40(52)36(33)48)56-26-21-18-16-14-13-15-17-19-22-27-62(6,7)60-63(8,9)59-61(3,4)5/h24-25,28-29H,10-23,26-27H2,1-9H3. The van der Waals surface area contributed by atoms with Gasteiger partial charge in [0.1, 0.15) is 5.75 Å². The fraction of sp³-hybridized carbons (Fsp3) is 0.578. The maximum atomic E-state index is 15.3. The van der Waals surface area contributed by atoms with Gasteiger partial charge in [-0.1, -0.05) is 89.2 Å². The van der Waals surface area contributed by atoms with Crippen molar-refractivity contribution in [3.63, 3.8) is 0 Å². The van der Waals surface area contributed by atoms with E-state index in [0.717, 1.165) is 95.2 Å². The first-order chi connectivity index (χ1) is 29.4. The van der Waals surface area contributed by atoms with E-state index in [-0.39, 0.29) is 29.9 Å². The van der Waals surface area contributed by atoms with E-state index in [4.69, 9.17) is 29.3 Å². The van der Waals surface area contributed by atoms with Crippen molar-refractivity contribution in [3.05, 3.63) is 75.3 Å². The number of ether oxygens (including phenoxy) is 3. The molecule has 0 aromatic heterocycles. The summed E-state index contributed by atoms with van der Waals surface area (Å²) in [6.07, 6.45) is 12.4. The molecule has 3 aromatic rings. The molecule has 0 radical (unpaired) electrons. The van der Waals surface area contributed by atoms with Gasteiger partial charge in [-0.05, 0) is 96.3 Å². The Hall–Kier alpha value is -2.97. The van der Waals surface area contributed by atoms with E-state index < -0.39 is 106 Å². The first-order valence-corrected chi connectivity index (χ1v) is 31.6. The molecule has 0 heterocycles. The van der Waals surface area contributed by atoms with Gasteiger partial charge in [0.2, 0.25) is 29.0 Å². The van der Waals surface area contributed by atoms with Gasteiger partial charge in [-0.25, -0.2) is 22.4 Å². The van der Waals surface area contributed by atoms with Crippen LogP contribution >= 0.6 is 11.6 Å². The molecule has 0 bridgehead atoms. The monoisotopic (exact) mass is 970 g/mol. The lowest BCUT2D eigenvalue weighted by Gasteiger charge is -2.37. The highest BCUT2D eigenvalue weighted by Gasteiger charge is 2.38. The quantitative estimate of drug-likeness (QED) is 0.0189. The Morgan fingerprint density at radius 2 is 1.10 bits per heavy atom. The lowest BCUT2D eigenvalue weighted by atomic mass is 10.0. The third kappa shape index (κ3) is 16.5. The maximum absolute atomic E-state index is 15.3. The summed E-state index contributed by atoms with van der Waals surface area (Å²) in [6.45, 7) is 18.8. The van der Waals surface area contributed by atoms with Crippen molar-refractivity contribution in [2.75, 3.05) is 6.61 Å². The number of hydrogen-bond donors (Lipinski definition) is 0. The van der Waals surface area contributed by atoms with Gasteiger partial charge in [-0.3, -0.25) is 0 Å². The van der Waals surface area contributed by atoms with Crippen LogP contribution in [0, 0.1) is 46.5 Å². The summed E-state index contributed by atoms with van der Waals surface area (Å²) in [5.41, 5.74) is -4.57. The van der Waals surface area contributed by atoms with Gasteiger partial charge < -0.3 is 22.4 Å². The Labute approximate surface area is 375 Å². The van der Waals surface area contributed by atoms with Gasteiger partial charge in [-0.2, -0.15) is 17.6 Å². The summed E-state index contributed by atoms with van der Waals surface area (Å²) in [7, 11) is -5.69. The van der Waals surface area contributed by atoms with Crippen LogP contribution in [0.3, 0.4) is 0 Å². The smallest absolute Gasteiger partial charge is 0.343 e. The molecular formula is C45H63ClF8O6Si3. The number of benzene rings is 3. The van der Waals surface area contributed by atoms with E-state index in [9.17, 15) is 4.79 Å². The molecule has 0 aliphatic heterocycles. The molecule has 18 heteroatoms. The van der Waals surface area contributed by atoms with Crippen molar-refractivity contribution in [2.24, 2.45) is 0 Å². The molecule has 0 N–H and O–H groups in total. The molecule has 0 spiro atoms. The minimum atomic E-state index is -2.49. The van der Waals surface area contributed by atoms with E-state index in [0.29, 0.717) is 6.42 Å². The van der Waals surface area contributed by atoms with Crippen LogP contribution in [0.5, 0.6) is 17.2 Å². The van der Waals surface area contributed by atoms with Crippen LogP contribution in [0.25, 0.3) is 11.1 Å². The van der Waals surface area contributed by atoms with Gasteiger partial charge in [0.25, 0.3) is 0 Å². The highest BCUT2D eigenvalue weighted by atomic mass is 35.5. The normalized spacial score (nSPS) is 12.8. The van der Waals surface area contributed by atoms with Crippen molar-refractivity contribution < 1.29 is 62.4 Å². The van der Waals surface area contributed by atoms with Crippen LogP contribution in [0.1, 0.15) is 114 Å². The van der Waals surface area contributed by atoms with Crippen molar-refractivity contribution in [1.82, 2.24) is 0 Å². The zero-order chi connectivity index (χ0) is 47.3. The largest absolute Gasteiger partial charge is 0.489 e. The van der Waals surface area contributed by atoms with E-state index in [2.05, 4.69) is 57.5 Å². The topological polar surface area (TPSA) is 63.2 Å². The minimum absolute atomic E-state index is 0.0778. The summed E-state index contributed by atoms with van der Waals surface area (Å²) < 4.78 is 150. The predicted molar refractivity (Wildman–Crippen MR) is 239 cm³/mol. The van der Waals surface area contributed by atoms with Gasteiger partial charge in [0, 0.05) is 0 Å². The molecule has 0 saturated heterocycles. The Kier molecular flexibility index (Phi) is 21.2. The van der Waals surface area contributed by atoms with E-state index in [1.807, 2.05) is 6.92 Å². The lowest BCUT2D eigenvalue weighted by molar-refractivity contribution is 0.0717. The Balaban J connectivity index is 1.54. The maximum Gasteiger partial charge on any atom is 0.343 e. The summed E-state index contributed by atoms with van der Waals surface area (Å²) in [5.74, 6) is -23.6. The van der Waals surface area contributed by atoms with Gasteiger partial charge in [-0.15, -0.1) is 0 Å². The third-order valence-electron chi connectivity index (χ3n) is 10.1. The molecule has 3 aromatic carbocycles. The first kappa shape index (κ1) is 54.4. The summed E-state index contributed by atoms with van der Waals surface area (Å²) in [4.78, 5) is 12.8. The molecule has 0 aliphatic carbocycles. The number of rotatable bonds is 27. The Morgan fingerprint density at radius 1 is 0.619 bits per heavy atom. The van der Waals surface area contributed by atoms with Crippen LogP contribution in [-0.4, -0.2) is 43.9 Å². The van der Waals surface area contributed by atoms with Crippen LogP contribution in [0.15, 0.2) is 18.2 Å². The fourth-order valence-electron chi connectivity index (χ4n) is 7.43. The molecule has 1 atom stereocenters. The second-order valence-electron chi connectivity index (χ2n) is 18.0. The zero-order valence-corrected chi connectivity index (χ0v) is 41.7. The van der Waals surface area contributed by atoms with Gasteiger partial charge in [0.05, 0.1) is 34.4 Å². The molecule has 354 valence electrons. The van der Waals surface area contributed by atoms with E-state index in [1.54, 1.807) is 0 Å². The SMILES string of the molecule is CCCCCCC(C)Oc1ccc(C(=O)Oc2c(F)c(F)c(-c3c(F)c(F)c(OCCCCCCCCCCC[Si](C)(C)O[Si](C)(C)O[Si](C)(C)C)c(F)c3F)c(F)c2F)cc1Cl. The van der Waals surface area contributed by atoms with Crippen LogP contribution in [-0.2, 0) is 8.23 Å². The molecule has 0 fully saturated rings. The average Bonchev–Trinajstić information content (AvgIpc) is 3.18. The summed E-state index contributed by atoms with van der Waals surface area (Å²) in [5, 5.41) is -0.0778. The zero-order valence-electron chi connectivity index (χ0n) is 38.0. The number of unbranched alkanes of at least 4 members (excludes halogenated alkanes) is 11. The molecule has 0 aliphatic rings. The molecule has 6 nitrogen and oxygen atoms in total.